The highest BCUT2D eigenvalue weighted by Crippen LogP contribution is 2.29. The highest BCUT2D eigenvalue weighted by atomic mass is 19.4. The van der Waals surface area contributed by atoms with E-state index in [0.29, 0.717) is 30.1 Å². The minimum absolute atomic E-state index is 0.237. The van der Waals surface area contributed by atoms with Crippen molar-refractivity contribution in [2.75, 3.05) is 13.2 Å². The molecule has 2 rings (SSSR count). The molecule has 1 N–H and O–H groups in total. The smallest absolute Gasteiger partial charge is 0.416 e. The lowest BCUT2D eigenvalue weighted by molar-refractivity contribution is -0.137. The molecule has 0 atom stereocenters. The highest BCUT2D eigenvalue weighted by Gasteiger charge is 2.29. The fourth-order valence-corrected chi connectivity index (χ4v) is 2.11. The molecule has 0 aliphatic carbocycles. The van der Waals surface area contributed by atoms with E-state index in [1.807, 2.05) is 6.92 Å². The van der Waals surface area contributed by atoms with E-state index in [1.165, 1.54) is 12.1 Å². The number of nitrogens with one attached hydrogen (secondary N) is 1. The van der Waals surface area contributed by atoms with Crippen molar-refractivity contribution in [3.8, 4) is 11.5 Å². The molecule has 0 unspecified atom stereocenters. The first-order valence-electron chi connectivity index (χ1n) is 7.74. The first-order valence-corrected chi connectivity index (χ1v) is 7.74. The zero-order valence-corrected chi connectivity index (χ0v) is 13.6. The minimum Gasteiger partial charge on any atom is -0.490 e. The van der Waals surface area contributed by atoms with E-state index in [9.17, 15) is 18.0 Å². The van der Waals surface area contributed by atoms with Crippen LogP contribution in [-0.4, -0.2) is 19.2 Å². The molecule has 0 heterocycles. The van der Waals surface area contributed by atoms with Crippen molar-refractivity contribution in [3.05, 3.63) is 59.7 Å². The Bertz CT molecular complexity index is 699. The van der Waals surface area contributed by atoms with Crippen LogP contribution in [0.4, 0.5) is 18.0 Å². The van der Waals surface area contributed by atoms with E-state index >= 15 is 0 Å². The Morgan fingerprint density at radius 2 is 1.68 bits per heavy atom. The van der Waals surface area contributed by atoms with Crippen molar-refractivity contribution >= 4 is 6.09 Å². The van der Waals surface area contributed by atoms with Gasteiger partial charge >= 0.3 is 12.3 Å². The van der Waals surface area contributed by atoms with Gasteiger partial charge in [-0.3, -0.25) is 0 Å². The maximum atomic E-state index is 12.5. The molecule has 0 spiro atoms. The molecule has 134 valence electrons. The summed E-state index contributed by atoms with van der Waals surface area (Å²) >= 11 is 0. The van der Waals surface area contributed by atoms with Crippen molar-refractivity contribution in [1.29, 1.82) is 0 Å². The van der Waals surface area contributed by atoms with Crippen molar-refractivity contribution in [2.24, 2.45) is 0 Å². The third kappa shape index (κ3) is 5.70. The number of hydrogen-bond acceptors (Lipinski definition) is 3. The Balaban J connectivity index is 1.83. The van der Waals surface area contributed by atoms with Crippen LogP contribution in [0.15, 0.2) is 48.5 Å². The first kappa shape index (κ1) is 18.6. The lowest BCUT2D eigenvalue weighted by Crippen LogP contribution is -2.28. The van der Waals surface area contributed by atoms with Gasteiger partial charge in [-0.15, -0.1) is 0 Å². The number of alkyl halides is 3. The van der Waals surface area contributed by atoms with E-state index in [4.69, 9.17) is 9.47 Å². The van der Waals surface area contributed by atoms with Crippen LogP contribution < -0.4 is 14.8 Å². The predicted molar refractivity (Wildman–Crippen MR) is 86.8 cm³/mol. The Hall–Kier alpha value is -2.70. The number of benzene rings is 2. The quantitative estimate of drug-likeness (QED) is 0.835. The third-order valence-corrected chi connectivity index (χ3v) is 3.32. The summed E-state index contributed by atoms with van der Waals surface area (Å²) in [5.41, 5.74) is -0.0147. The maximum absolute atomic E-state index is 12.5. The molecule has 0 radical (unpaired) electrons. The number of rotatable bonds is 6. The van der Waals surface area contributed by atoms with Crippen molar-refractivity contribution in [2.45, 2.75) is 19.5 Å². The first-order chi connectivity index (χ1) is 11.9. The van der Waals surface area contributed by atoms with Gasteiger partial charge in [0.05, 0.1) is 12.2 Å². The Kier molecular flexibility index (Phi) is 6.27. The van der Waals surface area contributed by atoms with E-state index in [-0.39, 0.29) is 6.54 Å². The van der Waals surface area contributed by atoms with Crippen molar-refractivity contribution < 1.29 is 27.4 Å². The molecule has 2 aromatic carbocycles. The standard InChI is InChI=1S/C18H18F3NO3/c1-2-24-15-5-3-4-6-16(15)25-17(23)22-12-11-13-7-9-14(10-8-13)18(19,20)21/h3-10H,2,11-12H2,1H3,(H,22,23). The van der Waals surface area contributed by atoms with Gasteiger partial charge in [-0.2, -0.15) is 13.2 Å². The molecule has 0 saturated carbocycles. The van der Waals surface area contributed by atoms with Crippen LogP contribution >= 0.6 is 0 Å². The minimum atomic E-state index is -4.35. The summed E-state index contributed by atoms with van der Waals surface area (Å²) in [6.45, 7) is 2.50. The van der Waals surface area contributed by atoms with Gasteiger partial charge in [-0.1, -0.05) is 24.3 Å². The van der Waals surface area contributed by atoms with Gasteiger partial charge in [0.15, 0.2) is 11.5 Å². The molecular weight excluding hydrogens is 335 g/mol. The lowest BCUT2D eigenvalue weighted by Gasteiger charge is -2.11. The summed E-state index contributed by atoms with van der Waals surface area (Å²) in [6, 6.07) is 11.6. The second-order valence-corrected chi connectivity index (χ2v) is 5.14. The molecule has 4 nitrogen and oxygen atoms in total. The van der Waals surface area contributed by atoms with Gasteiger partial charge in [0.1, 0.15) is 0 Å². The highest BCUT2D eigenvalue weighted by molar-refractivity contribution is 5.71. The molecule has 0 saturated heterocycles. The van der Waals surface area contributed by atoms with E-state index in [1.54, 1.807) is 24.3 Å². The summed E-state index contributed by atoms with van der Waals surface area (Å²) in [7, 11) is 0. The summed E-state index contributed by atoms with van der Waals surface area (Å²) < 4.78 is 48.0. The van der Waals surface area contributed by atoms with Crippen molar-refractivity contribution in [3.63, 3.8) is 0 Å². The Morgan fingerprint density at radius 3 is 2.28 bits per heavy atom. The Labute approximate surface area is 143 Å². The van der Waals surface area contributed by atoms with Crippen LogP contribution in [0.25, 0.3) is 0 Å². The molecule has 2 aromatic rings. The molecule has 25 heavy (non-hydrogen) atoms. The molecule has 0 fully saturated rings. The van der Waals surface area contributed by atoms with Gasteiger partial charge < -0.3 is 14.8 Å². The fraction of sp³-hybridized carbons (Fsp3) is 0.278. The molecule has 0 bridgehead atoms. The normalized spacial score (nSPS) is 11.0. The molecule has 0 aromatic heterocycles. The van der Waals surface area contributed by atoms with Gasteiger partial charge in [-0.05, 0) is 43.2 Å². The number of halogens is 3. The van der Waals surface area contributed by atoms with Gasteiger partial charge in [0, 0.05) is 6.54 Å². The van der Waals surface area contributed by atoms with Crippen LogP contribution in [0, 0.1) is 0 Å². The molecule has 0 aliphatic heterocycles. The van der Waals surface area contributed by atoms with E-state index in [2.05, 4.69) is 5.32 Å². The van der Waals surface area contributed by atoms with E-state index in [0.717, 1.165) is 12.1 Å². The van der Waals surface area contributed by atoms with Gasteiger partial charge in [-0.25, -0.2) is 4.79 Å². The SMILES string of the molecule is CCOc1ccccc1OC(=O)NCCc1ccc(C(F)(F)F)cc1. The summed E-state index contributed by atoms with van der Waals surface area (Å²) in [6.07, 6.45) is -4.62. The monoisotopic (exact) mass is 353 g/mol. The Morgan fingerprint density at radius 1 is 1.04 bits per heavy atom. The number of para-hydroxylation sites is 2. The lowest BCUT2D eigenvalue weighted by atomic mass is 10.1. The number of carbonyl (C=O) groups excluding carboxylic acids is 1. The van der Waals surface area contributed by atoms with E-state index < -0.39 is 17.8 Å². The van der Waals surface area contributed by atoms with Crippen LogP contribution in [0.5, 0.6) is 11.5 Å². The molecule has 1 amide bonds. The summed E-state index contributed by atoms with van der Waals surface area (Å²) in [5.74, 6) is 0.763. The zero-order valence-electron chi connectivity index (χ0n) is 13.6. The van der Waals surface area contributed by atoms with Gasteiger partial charge in [0.2, 0.25) is 0 Å². The van der Waals surface area contributed by atoms with Crippen LogP contribution in [0.3, 0.4) is 0 Å². The maximum Gasteiger partial charge on any atom is 0.416 e. The molecule has 7 heteroatoms. The summed E-state index contributed by atoms with van der Waals surface area (Å²) in [5, 5.41) is 2.55. The fourth-order valence-electron chi connectivity index (χ4n) is 2.11. The average Bonchev–Trinajstić information content (AvgIpc) is 2.56. The van der Waals surface area contributed by atoms with Crippen LogP contribution in [0.2, 0.25) is 0 Å². The topological polar surface area (TPSA) is 47.6 Å². The second kappa shape index (κ2) is 8.41. The number of ether oxygens (including phenoxy) is 2. The largest absolute Gasteiger partial charge is 0.490 e. The second-order valence-electron chi connectivity index (χ2n) is 5.14. The number of amides is 1. The van der Waals surface area contributed by atoms with Gasteiger partial charge in [0.25, 0.3) is 0 Å². The zero-order chi connectivity index (χ0) is 18.3. The number of carbonyl (C=O) groups is 1. The molecule has 0 aliphatic rings. The third-order valence-electron chi connectivity index (χ3n) is 3.32. The summed E-state index contributed by atoms with van der Waals surface area (Å²) in [4.78, 5) is 11.8. The molecular formula is C18H18F3NO3. The van der Waals surface area contributed by atoms with Crippen molar-refractivity contribution in [1.82, 2.24) is 5.32 Å². The predicted octanol–water partition coefficient (Wildman–Crippen LogP) is 4.44. The average molecular weight is 353 g/mol. The van der Waals surface area contributed by atoms with Crippen LogP contribution in [-0.2, 0) is 12.6 Å². The van der Waals surface area contributed by atoms with Crippen LogP contribution in [0.1, 0.15) is 18.1 Å². The number of hydrogen-bond donors (Lipinski definition) is 1.